The van der Waals surface area contributed by atoms with Gasteiger partial charge in [0.05, 0.1) is 0 Å². The van der Waals surface area contributed by atoms with E-state index in [1.54, 1.807) is 0 Å². The summed E-state index contributed by atoms with van der Waals surface area (Å²) in [5.41, 5.74) is 4.81. The van der Waals surface area contributed by atoms with Crippen molar-refractivity contribution in [3.05, 3.63) is 23.8 Å². The normalized spacial score (nSPS) is 22.3. The fourth-order valence-corrected chi connectivity index (χ4v) is 3.34. The fraction of sp³-hybridized carbons (Fsp3) is 0.647. The lowest BCUT2D eigenvalue weighted by atomic mass is 9.85. The molecule has 0 aromatic heterocycles. The molecule has 19 heavy (non-hydrogen) atoms. The van der Waals surface area contributed by atoms with E-state index in [4.69, 9.17) is 0 Å². The van der Waals surface area contributed by atoms with Crippen molar-refractivity contribution < 1.29 is 0 Å². The smallest absolute Gasteiger partial charge is 0.0374 e. The molecule has 3 rings (SSSR count). The minimum absolute atomic E-state index is 0.518. The predicted molar refractivity (Wildman–Crippen MR) is 83.1 cm³/mol. The van der Waals surface area contributed by atoms with Gasteiger partial charge in [0.2, 0.25) is 0 Å². The average Bonchev–Trinajstić information content (AvgIpc) is 2.59. The van der Waals surface area contributed by atoms with Crippen LogP contribution in [-0.2, 0) is 6.42 Å². The van der Waals surface area contributed by atoms with E-state index < -0.39 is 0 Å². The number of aryl methyl sites for hydroxylation is 1. The maximum atomic E-state index is 3.50. The van der Waals surface area contributed by atoms with Crippen LogP contribution >= 0.6 is 0 Å². The molecule has 0 bridgehead atoms. The van der Waals surface area contributed by atoms with Crippen LogP contribution in [0.25, 0.3) is 0 Å². The molecule has 2 aliphatic heterocycles. The Morgan fingerprint density at radius 1 is 1.11 bits per heavy atom. The molecule has 0 aliphatic carbocycles. The maximum absolute atomic E-state index is 3.50. The Bertz CT molecular complexity index is 451. The molecule has 2 heterocycles. The Labute approximate surface area is 117 Å². The maximum Gasteiger partial charge on any atom is 0.0374 e. The van der Waals surface area contributed by atoms with Gasteiger partial charge in [-0.15, -0.1) is 0 Å². The molecule has 1 aromatic carbocycles. The molecule has 0 amide bonds. The summed E-state index contributed by atoms with van der Waals surface area (Å²) < 4.78 is 0. The van der Waals surface area contributed by atoms with Crippen molar-refractivity contribution >= 4 is 11.4 Å². The highest BCUT2D eigenvalue weighted by Crippen LogP contribution is 2.33. The summed E-state index contributed by atoms with van der Waals surface area (Å²) >= 11 is 0. The van der Waals surface area contributed by atoms with Gasteiger partial charge in [-0.25, -0.2) is 0 Å². The van der Waals surface area contributed by atoms with E-state index in [0.29, 0.717) is 5.41 Å². The summed E-state index contributed by atoms with van der Waals surface area (Å²) in [7, 11) is 0. The number of fused-ring (bicyclic) bond motifs is 1. The van der Waals surface area contributed by atoms with Crippen LogP contribution in [0.15, 0.2) is 18.2 Å². The zero-order valence-corrected chi connectivity index (χ0v) is 12.3. The monoisotopic (exact) mass is 258 g/mol. The third-order valence-electron chi connectivity index (χ3n) is 4.73. The number of rotatable bonds is 1. The van der Waals surface area contributed by atoms with Crippen LogP contribution in [0.4, 0.5) is 11.4 Å². The molecule has 1 aromatic rings. The number of hydrogen-bond donors (Lipinski definition) is 1. The number of benzene rings is 1. The van der Waals surface area contributed by atoms with Gasteiger partial charge < -0.3 is 10.2 Å². The predicted octanol–water partition coefficient (Wildman–Crippen LogP) is 4.06. The summed E-state index contributed by atoms with van der Waals surface area (Å²) in [6.45, 7) is 8.37. The first-order chi connectivity index (χ1) is 9.14. The zero-order chi connectivity index (χ0) is 13.3. The molecule has 2 nitrogen and oxygen atoms in total. The second-order valence-electron chi connectivity index (χ2n) is 6.88. The van der Waals surface area contributed by atoms with Crippen molar-refractivity contribution in [2.75, 3.05) is 29.9 Å². The second-order valence-corrected chi connectivity index (χ2v) is 6.88. The largest absolute Gasteiger partial charge is 0.385 e. The minimum atomic E-state index is 0.518. The molecule has 1 N–H and O–H groups in total. The minimum Gasteiger partial charge on any atom is -0.385 e. The Balaban J connectivity index is 1.78. The molecular weight excluding hydrogens is 232 g/mol. The van der Waals surface area contributed by atoms with E-state index >= 15 is 0 Å². The molecule has 2 heteroatoms. The van der Waals surface area contributed by atoms with E-state index in [9.17, 15) is 0 Å². The first kappa shape index (κ1) is 12.8. The van der Waals surface area contributed by atoms with Crippen LogP contribution in [0.2, 0.25) is 0 Å². The first-order valence-corrected chi connectivity index (χ1v) is 7.76. The quantitative estimate of drug-likeness (QED) is 0.817. The molecule has 0 atom stereocenters. The Kier molecular flexibility index (Phi) is 3.42. The van der Waals surface area contributed by atoms with Crippen LogP contribution in [0.5, 0.6) is 0 Å². The molecule has 0 unspecified atom stereocenters. The highest BCUT2D eigenvalue weighted by molar-refractivity contribution is 5.61. The molecule has 2 aliphatic rings. The van der Waals surface area contributed by atoms with Crippen LogP contribution in [0.3, 0.4) is 0 Å². The molecule has 0 saturated carbocycles. The Hall–Kier alpha value is -1.18. The van der Waals surface area contributed by atoms with E-state index in [1.807, 2.05) is 0 Å². The van der Waals surface area contributed by atoms with E-state index in [-0.39, 0.29) is 0 Å². The van der Waals surface area contributed by atoms with Crippen LogP contribution in [0.1, 0.15) is 45.1 Å². The van der Waals surface area contributed by atoms with Crippen LogP contribution in [-0.4, -0.2) is 19.6 Å². The van der Waals surface area contributed by atoms with E-state index in [2.05, 4.69) is 42.3 Å². The van der Waals surface area contributed by atoms with Gasteiger partial charge in [-0.3, -0.25) is 0 Å². The molecule has 0 radical (unpaired) electrons. The van der Waals surface area contributed by atoms with Crippen LogP contribution in [0, 0.1) is 5.41 Å². The SMILES string of the molecule is CC1(C)CCCN(c2ccc3c(c2)CCCN3)CC1. The summed E-state index contributed by atoms with van der Waals surface area (Å²) in [5.74, 6) is 0. The highest BCUT2D eigenvalue weighted by atomic mass is 15.1. The molecular formula is C17H26N2. The number of anilines is 2. The molecule has 1 saturated heterocycles. The number of nitrogens with zero attached hydrogens (tertiary/aromatic N) is 1. The van der Waals surface area contributed by atoms with Crippen molar-refractivity contribution in [3.63, 3.8) is 0 Å². The summed E-state index contributed by atoms with van der Waals surface area (Å²) in [4.78, 5) is 2.59. The fourth-order valence-electron chi connectivity index (χ4n) is 3.34. The topological polar surface area (TPSA) is 15.3 Å². The third-order valence-corrected chi connectivity index (χ3v) is 4.73. The standard InChI is InChI=1S/C17H26N2/c1-17(2)8-4-11-19(12-9-17)15-6-7-16-14(13-15)5-3-10-18-16/h6-7,13,18H,3-5,8-12H2,1-2H3. The van der Waals surface area contributed by atoms with Crippen molar-refractivity contribution in [2.45, 2.75) is 46.0 Å². The Morgan fingerprint density at radius 2 is 2.00 bits per heavy atom. The zero-order valence-electron chi connectivity index (χ0n) is 12.3. The lowest BCUT2D eigenvalue weighted by molar-refractivity contribution is 0.325. The summed E-state index contributed by atoms with van der Waals surface area (Å²) in [6, 6.07) is 7.00. The van der Waals surface area contributed by atoms with Gasteiger partial charge in [0.25, 0.3) is 0 Å². The van der Waals surface area contributed by atoms with Gasteiger partial charge >= 0.3 is 0 Å². The van der Waals surface area contributed by atoms with Crippen molar-refractivity contribution in [2.24, 2.45) is 5.41 Å². The highest BCUT2D eigenvalue weighted by Gasteiger charge is 2.23. The van der Waals surface area contributed by atoms with E-state index in [1.165, 1.54) is 62.1 Å². The van der Waals surface area contributed by atoms with Gasteiger partial charge in [-0.1, -0.05) is 13.8 Å². The molecule has 0 spiro atoms. The second kappa shape index (κ2) is 5.07. The van der Waals surface area contributed by atoms with Gasteiger partial charge in [0.1, 0.15) is 0 Å². The average molecular weight is 258 g/mol. The molecule has 104 valence electrons. The molecule has 1 fully saturated rings. The Morgan fingerprint density at radius 3 is 2.89 bits per heavy atom. The first-order valence-electron chi connectivity index (χ1n) is 7.76. The van der Waals surface area contributed by atoms with Crippen molar-refractivity contribution in [1.82, 2.24) is 0 Å². The van der Waals surface area contributed by atoms with Crippen LogP contribution < -0.4 is 10.2 Å². The summed E-state index contributed by atoms with van der Waals surface area (Å²) in [5, 5.41) is 3.50. The van der Waals surface area contributed by atoms with Gasteiger partial charge in [0, 0.05) is 31.0 Å². The summed E-state index contributed by atoms with van der Waals surface area (Å²) in [6.07, 6.45) is 6.49. The van der Waals surface area contributed by atoms with E-state index in [0.717, 1.165) is 6.54 Å². The lowest BCUT2D eigenvalue weighted by Gasteiger charge is -2.27. The number of hydrogen-bond acceptors (Lipinski definition) is 2. The van der Waals surface area contributed by atoms with Crippen molar-refractivity contribution in [1.29, 1.82) is 0 Å². The lowest BCUT2D eigenvalue weighted by Crippen LogP contribution is -2.25. The van der Waals surface area contributed by atoms with Gasteiger partial charge in [0.15, 0.2) is 0 Å². The number of nitrogens with one attached hydrogen (secondary N) is 1. The van der Waals surface area contributed by atoms with Gasteiger partial charge in [-0.05, 0) is 61.3 Å². The van der Waals surface area contributed by atoms with Crippen molar-refractivity contribution in [3.8, 4) is 0 Å². The van der Waals surface area contributed by atoms with Gasteiger partial charge in [-0.2, -0.15) is 0 Å². The third kappa shape index (κ3) is 2.88.